The van der Waals surface area contributed by atoms with Crippen LogP contribution in [0.25, 0.3) is 11.3 Å². The van der Waals surface area contributed by atoms with E-state index in [0.29, 0.717) is 17.7 Å². The first-order valence-electron chi connectivity index (χ1n) is 13.4. The molecule has 0 unspecified atom stereocenters. The molecule has 1 aromatic carbocycles. The molecule has 0 amide bonds. The molecule has 1 aliphatic carbocycles. The third kappa shape index (κ3) is 7.86. The normalized spacial score (nSPS) is 18.5. The second-order valence-corrected chi connectivity index (χ2v) is 10.0. The Labute approximate surface area is 199 Å². The van der Waals surface area contributed by atoms with Crippen LogP contribution in [-0.2, 0) is 12.8 Å². The maximum absolute atomic E-state index is 14.7. The molecule has 4 heteroatoms. The van der Waals surface area contributed by atoms with Gasteiger partial charge in [-0.05, 0) is 61.3 Å². The second-order valence-electron chi connectivity index (χ2n) is 10.0. The molecule has 1 aliphatic rings. The minimum atomic E-state index is -0.808. The maximum Gasteiger partial charge on any atom is 0.168 e. The Balaban J connectivity index is 1.47. The van der Waals surface area contributed by atoms with Gasteiger partial charge in [0.1, 0.15) is 0 Å². The van der Waals surface area contributed by atoms with Crippen LogP contribution in [0.2, 0.25) is 0 Å². The molecule has 2 aromatic rings. The van der Waals surface area contributed by atoms with Crippen LogP contribution in [-0.4, -0.2) is 10.2 Å². The lowest BCUT2D eigenvalue weighted by Crippen LogP contribution is -2.15. The van der Waals surface area contributed by atoms with E-state index in [9.17, 15) is 8.78 Å². The lowest BCUT2D eigenvalue weighted by Gasteiger charge is -2.28. The van der Waals surface area contributed by atoms with E-state index < -0.39 is 11.6 Å². The van der Waals surface area contributed by atoms with Gasteiger partial charge in [-0.1, -0.05) is 90.5 Å². The van der Waals surface area contributed by atoms with Crippen molar-refractivity contribution >= 4 is 0 Å². The second kappa shape index (κ2) is 13.8. The summed E-state index contributed by atoms with van der Waals surface area (Å²) in [6.45, 7) is 4.37. The number of rotatable bonds is 13. The first-order chi connectivity index (χ1) is 16.1. The molecule has 0 bridgehead atoms. The predicted octanol–water partition coefficient (Wildman–Crippen LogP) is 8.86. The van der Waals surface area contributed by atoms with Crippen molar-refractivity contribution in [3.8, 4) is 11.3 Å². The van der Waals surface area contributed by atoms with Crippen molar-refractivity contribution in [1.82, 2.24) is 10.2 Å². The lowest BCUT2D eigenvalue weighted by atomic mass is 9.78. The number of aryl methyl sites for hydroxylation is 2. The van der Waals surface area contributed by atoms with Crippen LogP contribution in [0.15, 0.2) is 24.3 Å². The zero-order valence-corrected chi connectivity index (χ0v) is 20.7. The largest absolute Gasteiger partial charge is 0.203 e. The van der Waals surface area contributed by atoms with E-state index in [1.807, 2.05) is 6.07 Å². The van der Waals surface area contributed by atoms with Crippen LogP contribution < -0.4 is 0 Å². The molecule has 0 spiro atoms. The van der Waals surface area contributed by atoms with Crippen molar-refractivity contribution in [2.24, 2.45) is 11.8 Å². The molecule has 2 nitrogen and oxygen atoms in total. The van der Waals surface area contributed by atoms with Crippen molar-refractivity contribution in [2.45, 2.75) is 110 Å². The maximum atomic E-state index is 14.7. The highest BCUT2D eigenvalue weighted by molar-refractivity contribution is 5.60. The SMILES string of the molecule is CCCCCCC1CCC(CCc2ccc(-c3ccc(CCCCC)c(F)c3F)nn2)CC1. The van der Waals surface area contributed by atoms with Crippen LogP contribution in [0.3, 0.4) is 0 Å². The summed E-state index contributed by atoms with van der Waals surface area (Å²) in [6, 6.07) is 7.04. The van der Waals surface area contributed by atoms with E-state index in [0.717, 1.165) is 49.6 Å². The van der Waals surface area contributed by atoms with Gasteiger partial charge in [-0.3, -0.25) is 0 Å². The van der Waals surface area contributed by atoms with Crippen LogP contribution in [0.1, 0.15) is 109 Å². The number of benzene rings is 1. The molecule has 33 heavy (non-hydrogen) atoms. The van der Waals surface area contributed by atoms with Gasteiger partial charge in [0.2, 0.25) is 0 Å². The smallest absolute Gasteiger partial charge is 0.168 e. The molecular weight excluding hydrogens is 414 g/mol. The number of hydrogen-bond donors (Lipinski definition) is 0. The highest BCUT2D eigenvalue weighted by Crippen LogP contribution is 2.34. The van der Waals surface area contributed by atoms with Crippen LogP contribution >= 0.6 is 0 Å². The molecule has 0 radical (unpaired) electrons. The Morgan fingerprint density at radius 2 is 1.39 bits per heavy atom. The molecule has 1 fully saturated rings. The van der Waals surface area contributed by atoms with Crippen molar-refractivity contribution in [3.05, 3.63) is 47.2 Å². The number of nitrogens with zero attached hydrogens (tertiary/aromatic N) is 2. The minimum Gasteiger partial charge on any atom is -0.203 e. The Kier molecular flexibility index (Phi) is 10.8. The highest BCUT2D eigenvalue weighted by atomic mass is 19.2. The van der Waals surface area contributed by atoms with Gasteiger partial charge in [-0.2, -0.15) is 10.2 Å². The Bertz CT molecular complexity index is 826. The van der Waals surface area contributed by atoms with Crippen molar-refractivity contribution in [1.29, 1.82) is 0 Å². The van der Waals surface area contributed by atoms with Crippen molar-refractivity contribution in [3.63, 3.8) is 0 Å². The average molecular weight is 457 g/mol. The summed E-state index contributed by atoms with van der Waals surface area (Å²) >= 11 is 0. The average Bonchev–Trinajstić information content (AvgIpc) is 2.84. The fraction of sp³-hybridized carbons (Fsp3) is 0.655. The molecular formula is C29H42F2N2. The zero-order valence-electron chi connectivity index (χ0n) is 20.7. The summed E-state index contributed by atoms with van der Waals surface area (Å²) in [5, 5.41) is 8.55. The Morgan fingerprint density at radius 1 is 0.697 bits per heavy atom. The number of halogens is 2. The summed E-state index contributed by atoms with van der Waals surface area (Å²) in [5.41, 5.74) is 1.99. The van der Waals surface area contributed by atoms with Gasteiger partial charge in [0.15, 0.2) is 11.6 Å². The molecule has 182 valence electrons. The molecule has 3 rings (SSSR count). The first kappa shape index (κ1) is 25.8. The van der Waals surface area contributed by atoms with E-state index in [4.69, 9.17) is 0 Å². The summed E-state index contributed by atoms with van der Waals surface area (Å²) in [6.07, 6.45) is 17.9. The van der Waals surface area contributed by atoms with E-state index >= 15 is 0 Å². The molecule has 0 N–H and O–H groups in total. The van der Waals surface area contributed by atoms with E-state index in [1.54, 1.807) is 18.2 Å². The summed E-state index contributed by atoms with van der Waals surface area (Å²) in [5.74, 6) is 0.170. The third-order valence-corrected chi connectivity index (χ3v) is 7.45. The molecule has 0 atom stereocenters. The molecule has 1 aromatic heterocycles. The molecule has 1 heterocycles. The minimum absolute atomic E-state index is 0.197. The van der Waals surface area contributed by atoms with Gasteiger partial charge in [-0.15, -0.1) is 0 Å². The lowest BCUT2D eigenvalue weighted by molar-refractivity contribution is 0.248. The highest BCUT2D eigenvalue weighted by Gasteiger charge is 2.21. The van der Waals surface area contributed by atoms with Crippen LogP contribution in [0.4, 0.5) is 8.78 Å². The fourth-order valence-electron chi connectivity index (χ4n) is 5.20. The fourth-order valence-corrected chi connectivity index (χ4v) is 5.20. The molecule has 0 saturated heterocycles. The van der Waals surface area contributed by atoms with Crippen molar-refractivity contribution < 1.29 is 8.78 Å². The summed E-state index contributed by atoms with van der Waals surface area (Å²) in [7, 11) is 0. The van der Waals surface area contributed by atoms with E-state index in [-0.39, 0.29) is 5.56 Å². The molecule has 1 saturated carbocycles. The van der Waals surface area contributed by atoms with Gasteiger partial charge in [-0.25, -0.2) is 8.78 Å². The summed E-state index contributed by atoms with van der Waals surface area (Å²) in [4.78, 5) is 0. The van der Waals surface area contributed by atoms with Crippen LogP contribution in [0.5, 0.6) is 0 Å². The van der Waals surface area contributed by atoms with Crippen LogP contribution in [0, 0.1) is 23.5 Å². The topological polar surface area (TPSA) is 25.8 Å². The number of hydrogen-bond acceptors (Lipinski definition) is 2. The van der Waals surface area contributed by atoms with E-state index in [2.05, 4.69) is 24.0 Å². The van der Waals surface area contributed by atoms with Crippen molar-refractivity contribution in [2.75, 3.05) is 0 Å². The standard InChI is InChI=1S/C29H42F2N2/c1-3-5-7-9-10-22-12-14-23(15-13-22)16-18-25-19-21-27(33-32-25)26-20-17-24(11-8-6-4-2)28(30)29(26)31/h17,19-23H,3-16,18H2,1-2H3. The monoisotopic (exact) mass is 456 g/mol. The van der Waals surface area contributed by atoms with Gasteiger partial charge in [0, 0.05) is 5.56 Å². The first-order valence-corrected chi connectivity index (χ1v) is 13.4. The number of aromatic nitrogens is 2. The van der Waals surface area contributed by atoms with Gasteiger partial charge < -0.3 is 0 Å². The van der Waals surface area contributed by atoms with Gasteiger partial charge in [0.25, 0.3) is 0 Å². The zero-order chi connectivity index (χ0) is 23.5. The number of unbranched alkanes of at least 4 members (excludes halogenated alkanes) is 5. The van der Waals surface area contributed by atoms with Gasteiger partial charge in [0.05, 0.1) is 11.4 Å². The van der Waals surface area contributed by atoms with E-state index in [1.165, 1.54) is 57.8 Å². The molecule has 0 aliphatic heterocycles. The summed E-state index contributed by atoms with van der Waals surface area (Å²) < 4.78 is 29.1. The Hall–Kier alpha value is -1.84. The van der Waals surface area contributed by atoms with Gasteiger partial charge >= 0.3 is 0 Å². The Morgan fingerprint density at radius 3 is 2.06 bits per heavy atom. The predicted molar refractivity (Wildman–Crippen MR) is 133 cm³/mol. The third-order valence-electron chi connectivity index (χ3n) is 7.45. The quantitative estimate of drug-likeness (QED) is 0.281.